The molecule has 0 saturated heterocycles. The quantitative estimate of drug-likeness (QED) is 0.744. The first kappa shape index (κ1) is 10.5. The van der Waals surface area contributed by atoms with Crippen molar-refractivity contribution in [3.8, 4) is 0 Å². The van der Waals surface area contributed by atoms with E-state index in [0.717, 1.165) is 21.0 Å². The molecule has 0 radical (unpaired) electrons. The van der Waals surface area contributed by atoms with E-state index in [1.54, 1.807) is 18.2 Å². The third-order valence-corrected chi connectivity index (χ3v) is 3.01. The Morgan fingerprint density at radius 3 is 2.60 bits per heavy atom. The number of benzene rings is 1. The standard InChI is InChI=1S/C12H8BrClO/c1-3-8-10(4-2)15-11-6-7(14)5-9(13)12(8)11/h3-6H,1-2H2. The fourth-order valence-corrected chi connectivity index (χ4v) is 2.54. The SMILES string of the molecule is C=Cc1oc2cc(Cl)cc(Br)c2c1C=C. The summed E-state index contributed by atoms with van der Waals surface area (Å²) >= 11 is 9.39. The lowest BCUT2D eigenvalue weighted by molar-refractivity contribution is 0.603. The predicted molar refractivity (Wildman–Crippen MR) is 69.1 cm³/mol. The average Bonchev–Trinajstić information content (AvgIpc) is 2.55. The van der Waals surface area contributed by atoms with E-state index in [-0.39, 0.29) is 0 Å². The summed E-state index contributed by atoms with van der Waals surface area (Å²) in [7, 11) is 0. The van der Waals surface area contributed by atoms with Crippen LogP contribution < -0.4 is 0 Å². The first-order valence-corrected chi connectivity index (χ1v) is 5.51. The maximum atomic E-state index is 5.93. The Morgan fingerprint density at radius 1 is 1.27 bits per heavy atom. The second-order valence-corrected chi connectivity index (χ2v) is 4.34. The van der Waals surface area contributed by atoms with Gasteiger partial charge in [-0.05, 0) is 28.1 Å². The van der Waals surface area contributed by atoms with Gasteiger partial charge >= 0.3 is 0 Å². The molecule has 0 atom stereocenters. The third-order valence-electron chi connectivity index (χ3n) is 2.16. The topological polar surface area (TPSA) is 13.1 Å². The lowest BCUT2D eigenvalue weighted by atomic mass is 10.1. The highest BCUT2D eigenvalue weighted by atomic mass is 79.9. The van der Waals surface area contributed by atoms with Gasteiger partial charge in [0.05, 0.1) is 0 Å². The summed E-state index contributed by atoms with van der Waals surface area (Å²) in [5.41, 5.74) is 1.67. The molecule has 0 fully saturated rings. The molecule has 0 aliphatic heterocycles. The number of hydrogen-bond acceptors (Lipinski definition) is 1. The Labute approximate surface area is 101 Å². The molecule has 0 N–H and O–H groups in total. The fourth-order valence-electron chi connectivity index (χ4n) is 1.54. The van der Waals surface area contributed by atoms with E-state index in [9.17, 15) is 0 Å². The van der Waals surface area contributed by atoms with Crippen molar-refractivity contribution < 1.29 is 4.42 Å². The molecule has 1 heterocycles. The van der Waals surface area contributed by atoms with Crippen molar-refractivity contribution in [3.05, 3.63) is 46.1 Å². The van der Waals surface area contributed by atoms with Gasteiger partial charge in [0.2, 0.25) is 0 Å². The summed E-state index contributed by atoms with van der Waals surface area (Å²) in [6.07, 6.45) is 3.42. The van der Waals surface area contributed by atoms with Crippen molar-refractivity contribution in [3.63, 3.8) is 0 Å². The zero-order chi connectivity index (χ0) is 11.0. The Hall–Kier alpha value is -0.990. The van der Waals surface area contributed by atoms with Crippen LogP contribution in [0.5, 0.6) is 0 Å². The molecule has 0 bridgehead atoms. The molecule has 3 heteroatoms. The Kier molecular flexibility index (Phi) is 2.72. The van der Waals surface area contributed by atoms with Gasteiger partial charge in [-0.1, -0.05) is 30.8 Å². The number of furan rings is 1. The predicted octanol–water partition coefficient (Wildman–Crippen LogP) is 5.13. The van der Waals surface area contributed by atoms with Crippen LogP contribution in [0.2, 0.25) is 5.02 Å². The van der Waals surface area contributed by atoms with Crippen LogP contribution in [0.4, 0.5) is 0 Å². The zero-order valence-corrected chi connectivity index (χ0v) is 10.2. The second kappa shape index (κ2) is 3.87. The minimum absolute atomic E-state index is 0.634. The molecule has 0 unspecified atom stereocenters. The molecule has 2 rings (SSSR count). The molecule has 76 valence electrons. The molecule has 1 nitrogen and oxygen atoms in total. The molecule has 0 saturated carbocycles. The number of hydrogen-bond donors (Lipinski definition) is 0. The van der Waals surface area contributed by atoms with Gasteiger partial charge in [0.25, 0.3) is 0 Å². The summed E-state index contributed by atoms with van der Waals surface area (Å²) in [5, 5.41) is 1.61. The van der Waals surface area contributed by atoms with Crippen LogP contribution in [-0.2, 0) is 0 Å². The average molecular weight is 284 g/mol. The highest BCUT2D eigenvalue weighted by molar-refractivity contribution is 9.10. The van der Waals surface area contributed by atoms with E-state index in [2.05, 4.69) is 29.1 Å². The van der Waals surface area contributed by atoms with E-state index in [1.165, 1.54) is 0 Å². The summed E-state index contributed by atoms with van der Waals surface area (Å²) in [5.74, 6) is 0.711. The van der Waals surface area contributed by atoms with Crippen LogP contribution in [0.15, 0.2) is 34.2 Å². The fraction of sp³-hybridized carbons (Fsp3) is 0. The monoisotopic (exact) mass is 282 g/mol. The van der Waals surface area contributed by atoms with Crippen LogP contribution in [0.1, 0.15) is 11.3 Å². The molecule has 0 aliphatic carbocycles. The van der Waals surface area contributed by atoms with Crippen LogP contribution in [-0.4, -0.2) is 0 Å². The van der Waals surface area contributed by atoms with Gasteiger partial charge in [-0.15, -0.1) is 0 Å². The first-order valence-electron chi connectivity index (χ1n) is 4.33. The summed E-state index contributed by atoms with van der Waals surface area (Å²) < 4.78 is 6.50. The van der Waals surface area contributed by atoms with Gasteiger partial charge in [-0.25, -0.2) is 0 Å². The number of rotatable bonds is 2. The van der Waals surface area contributed by atoms with Gasteiger partial charge < -0.3 is 4.42 Å². The number of halogens is 2. The number of fused-ring (bicyclic) bond motifs is 1. The van der Waals surface area contributed by atoms with Crippen molar-refractivity contribution in [2.45, 2.75) is 0 Å². The second-order valence-electron chi connectivity index (χ2n) is 3.05. The van der Waals surface area contributed by atoms with Crippen molar-refractivity contribution in [1.29, 1.82) is 0 Å². The first-order chi connectivity index (χ1) is 7.17. The Bertz CT molecular complexity index is 554. The van der Waals surface area contributed by atoms with Crippen LogP contribution >= 0.6 is 27.5 Å². The summed E-state index contributed by atoms with van der Waals surface area (Å²) in [4.78, 5) is 0. The Balaban J connectivity index is 2.94. The molecule has 1 aromatic heterocycles. The van der Waals surface area contributed by atoms with Crippen LogP contribution in [0.25, 0.3) is 23.1 Å². The smallest absolute Gasteiger partial charge is 0.138 e. The molecular formula is C12H8BrClO. The molecule has 0 aliphatic rings. The van der Waals surface area contributed by atoms with E-state index in [4.69, 9.17) is 16.0 Å². The largest absolute Gasteiger partial charge is 0.456 e. The van der Waals surface area contributed by atoms with Gasteiger partial charge in [0.15, 0.2) is 0 Å². The molecule has 15 heavy (non-hydrogen) atoms. The molecule has 2 aromatic rings. The van der Waals surface area contributed by atoms with Gasteiger partial charge in [0, 0.05) is 26.5 Å². The van der Waals surface area contributed by atoms with E-state index in [0.29, 0.717) is 10.8 Å². The highest BCUT2D eigenvalue weighted by Crippen LogP contribution is 2.35. The van der Waals surface area contributed by atoms with Crippen molar-refractivity contribution in [2.24, 2.45) is 0 Å². The van der Waals surface area contributed by atoms with E-state index < -0.39 is 0 Å². The van der Waals surface area contributed by atoms with Crippen LogP contribution in [0, 0.1) is 0 Å². The summed E-state index contributed by atoms with van der Waals surface area (Å²) in [6, 6.07) is 3.61. The van der Waals surface area contributed by atoms with Gasteiger partial charge in [-0.3, -0.25) is 0 Å². The van der Waals surface area contributed by atoms with E-state index >= 15 is 0 Å². The van der Waals surface area contributed by atoms with Crippen molar-refractivity contribution >= 4 is 50.7 Å². The molecule has 0 spiro atoms. The maximum absolute atomic E-state index is 5.93. The van der Waals surface area contributed by atoms with Gasteiger partial charge in [0.1, 0.15) is 11.3 Å². The normalized spacial score (nSPS) is 10.5. The third kappa shape index (κ3) is 1.64. The maximum Gasteiger partial charge on any atom is 0.138 e. The van der Waals surface area contributed by atoms with Gasteiger partial charge in [-0.2, -0.15) is 0 Å². The summed E-state index contributed by atoms with van der Waals surface area (Å²) in [6.45, 7) is 7.46. The minimum Gasteiger partial charge on any atom is -0.456 e. The minimum atomic E-state index is 0.634. The molecule has 0 amide bonds. The van der Waals surface area contributed by atoms with Crippen molar-refractivity contribution in [1.82, 2.24) is 0 Å². The highest BCUT2D eigenvalue weighted by Gasteiger charge is 2.12. The van der Waals surface area contributed by atoms with E-state index in [1.807, 2.05) is 6.07 Å². The lowest BCUT2D eigenvalue weighted by Gasteiger charge is -1.95. The molecular weight excluding hydrogens is 275 g/mol. The lowest BCUT2D eigenvalue weighted by Crippen LogP contribution is -1.74. The van der Waals surface area contributed by atoms with Crippen molar-refractivity contribution in [2.75, 3.05) is 0 Å². The van der Waals surface area contributed by atoms with Crippen LogP contribution in [0.3, 0.4) is 0 Å². The molecule has 1 aromatic carbocycles. The Morgan fingerprint density at radius 2 is 2.00 bits per heavy atom. The zero-order valence-electron chi connectivity index (χ0n) is 7.89.